The van der Waals surface area contributed by atoms with Gasteiger partial charge in [0.2, 0.25) is 10.0 Å². The van der Waals surface area contributed by atoms with Crippen LogP contribution in [0, 0.1) is 5.92 Å². The summed E-state index contributed by atoms with van der Waals surface area (Å²) in [5.41, 5.74) is 4.31. The van der Waals surface area contributed by atoms with Gasteiger partial charge in [0.15, 0.2) is 0 Å². The van der Waals surface area contributed by atoms with Crippen LogP contribution in [0.5, 0.6) is 0 Å². The van der Waals surface area contributed by atoms with E-state index in [9.17, 15) is 32.7 Å². The van der Waals surface area contributed by atoms with Crippen LogP contribution in [-0.4, -0.2) is 86.1 Å². The summed E-state index contributed by atoms with van der Waals surface area (Å²) in [6.07, 6.45) is 6.17. The Labute approximate surface area is 339 Å². The predicted octanol–water partition coefficient (Wildman–Crippen LogP) is 6.95. The van der Waals surface area contributed by atoms with Gasteiger partial charge in [-0.3, -0.25) is 14.4 Å². The number of hydrogen-bond acceptors (Lipinski definition) is 8. The molecule has 0 bridgehead atoms. The third-order valence-corrected chi connectivity index (χ3v) is 13.0. The van der Waals surface area contributed by atoms with E-state index in [-0.39, 0.29) is 40.4 Å². The van der Waals surface area contributed by atoms with Gasteiger partial charge in [0.05, 0.1) is 34.2 Å². The van der Waals surface area contributed by atoms with Crippen LogP contribution in [-0.2, 0) is 32.4 Å². The van der Waals surface area contributed by atoms with Gasteiger partial charge in [0.25, 0.3) is 11.8 Å². The number of methoxy groups -OCH3 is 1. The summed E-state index contributed by atoms with van der Waals surface area (Å²) in [6.45, 7) is 1.92. The molecule has 0 aromatic heterocycles. The van der Waals surface area contributed by atoms with Crippen molar-refractivity contribution in [2.75, 3.05) is 48.9 Å². The molecule has 1 heterocycles. The lowest BCUT2D eigenvalue weighted by Crippen LogP contribution is -2.44. The first-order valence-corrected chi connectivity index (χ1v) is 21.1. The van der Waals surface area contributed by atoms with Crippen LogP contribution in [0.25, 0.3) is 0 Å². The number of carbonyl (C=O) groups excluding carboxylic acids is 2. The molecule has 58 heavy (non-hydrogen) atoms. The van der Waals surface area contributed by atoms with Gasteiger partial charge in [-0.1, -0.05) is 30.3 Å². The van der Waals surface area contributed by atoms with E-state index in [1.54, 1.807) is 24.3 Å². The Kier molecular flexibility index (Phi) is 14.0. The molecule has 0 unspecified atom stereocenters. The molecule has 0 spiro atoms. The van der Waals surface area contributed by atoms with Crippen LogP contribution in [0.15, 0.2) is 95.9 Å². The Morgan fingerprint density at radius 1 is 0.759 bits per heavy atom. The molecule has 0 atom stereocenters. The van der Waals surface area contributed by atoms with Gasteiger partial charge in [0.1, 0.15) is 0 Å². The van der Waals surface area contributed by atoms with E-state index in [1.807, 2.05) is 42.5 Å². The van der Waals surface area contributed by atoms with Crippen molar-refractivity contribution in [3.8, 4) is 0 Å². The minimum atomic E-state index is -4.10. The highest BCUT2D eigenvalue weighted by molar-refractivity contribution is 7.89. The van der Waals surface area contributed by atoms with Crippen molar-refractivity contribution in [3.63, 3.8) is 0 Å². The number of rotatable bonds is 16. The molecule has 1 saturated carbocycles. The van der Waals surface area contributed by atoms with Crippen LogP contribution in [0.2, 0.25) is 0 Å². The number of aryl methyl sites for hydroxylation is 2. The van der Waals surface area contributed by atoms with Crippen molar-refractivity contribution >= 4 is 50.8 Å². The molecule has 2 aliphatic rings. The minimum Gasteiger partial charge on any atom is -0.481 e. The molecule has 4 N–H and O–H groups in total. The molecule has 2 amide bonds. The predicted molar refractivity (Wildman–Crippen MR) is 221 cm³/mol. The molecule has 306 valence electrons. The standard InChI is InChI=1S/C44H50N4O9S/c1-57-27-26-48(36-20-16-33(17-21-36)44(53)54)58(55,56)38-7-5-6-34(28-38)41(49)46-40-23-22-37(47-24-3-2-4-25-47)29-39(40)42(50)45-35-18-12-31(13-19-35)9-8-30-10-14-32(15-11-30)43(51)52/h5-7,10-15,18-19,22-23,28-29,33,36H,2-4,8-9,16-17,20-21,24-27H2,1H3,(H,45,50)(H,46,49)(H,51,52)(H,53,54)/t33-,36-. The fraction of sp³-hybridized carbons (Fsp3) is 0.364. The Bertz CT molecular complexity index is 2200. The molecule has 6 rings (SSSR count). The van der Waals surface area contributed by atoms with Crippen LogP contribution < -0.4 is 15.5 Å². The molecule has 13 nitrogen and oxygen atoms in total. The summed E-state index contributed by atoms with van der Waals surface area (Å²) >= 11 is 0. The lowest BCUT2D eigenvalue weighted by molar-refractivity contribution is -0.143. The van der Waals surface area contributed by atoms with Gasteiger partial charge in [-0.25, -0.2) is 13.2 Å². The number of nitrogens with zero attached hydrogens (tertiary/aromatic N) is 2. The first-order chi connectivity index (χ1) is 27.9. The maximum atomic E-state index is 14.1. The van der Waals surface area contributed by atoms with Crippen molar-refractivity contribution < 1.29 is 42.5 Å². The van der Waals surface area contributed by atoms with Crippen molar-refractivity contribution in [1.29, 1.82) is 0 Å². The molecule has 4 aromatic carbocycles. The number of sulfonamides is 1. The van der Waals surface area contributed by atoms with E-state index in [0.717, 1.165) is 55.6 Å². The second kappa shape index (κ2) is 19.2. The fourth-order valence-electron chi connectivity index (χ4n) is 7.65. The third kappa shape index (κ3) is 10.5. The topological polar surface area (TPSA) is 183 Å². The number of piperidine rings is 1. The number of carbonyl (C=O) groups is 4. The van der Waals surface area contributed by atoms with Gasteiger partial charge >= 0.3 is 11.9 Å². The zero-order valence-electron chi connectivity index (χ0n) is 32.6. The van der Waals surface area contributed by atoms with Gasteiger partial charge in [-0.2, -0.15) is 4.31 Å². The molecule has 2 fully saturated rings. The van der Waals surface area contributed by atoms with E-state index in [0.29, 0.717) is 37.8 Å². The number of anilines is 3. The number of hydrogen-bond donors (Lipinski definition) is 4. The molecule has 14 heteroatoms. The molecule has 0 radical (unpaired) electrons. The molecular weight excluding hydrogens is 761 g/mol. The van der Waals surface area contributed by atoms with Gasteiger partial charge in [-0.05, 0) is 130 Å². The van der Waals surface area contributed by atoms with Crippen molar-refractivity contribution in [1.82, 2.24) is 4.31 Å². The molecular formula is C44H50N4O9S. The maximum absolute atomic E-state index is 14.1. The lowest BCUT2D eigenvalue weighted by Gasteiger charge is -2.35. The summed E-state index contributed by atoms with van der Waals surface area (Å²) in [4.78, 5) is 52.7. The van der Waals surface area contributed by atoms with E-state index in [1.165, 1.54) is 35.7 Å². The molecule has 1 saturated heterocycles. The van der Waals surface area contributed by atoms with Gasteiger partial charge < -0.3 is 30.5 Å². The number of amides is 2. The Balaban J connectivity index is 1.19. The number of carboxylic acids is 2. The summed E-state index contributed by atoms with van der Waals surface area (Å²) in [6, 6.07) is 25.0. The summed E-state index contributed by atoms with van der Waals surface area (Å²) in [7, 11) is -2.62. The highest BCUT2D eigenvalue weighted by Gasteiger charge is 2.36. The second-order valence-corrected chi connectivity index (χ2v) is 16.8. The molecule has 1 aliphatic heterocycles. The molecule has 1 aliphatic carbocycles. The summed E-state index contributed by atoms with van der Waals surface area (Å²) in [5.74, 6) is -3.37. The van der Waals surface area contributed by atoms with Gasteiger partial charge in [0, 0.05) is 49.7 Å². The van der Waals surface area contributed by atoms with Crippen molar-refractivity contribution in [2.45, 2.75) is 68.7 Å². The second-order valence-electron chi connectivity index (χ2n) is 14.9. The zero-order valence-corrected chi connectivity index (χ0v) is 33.4. The average molecular weight is 811 g/mol. The maximum Gasteiger partial charge on any atom is 0.335 e. The smallest absolute Gasteiger partial charge is 0.335 e. The Morgan fingerprint density at radius 2 is 1.41 bits per heavy atom. The number of ether oxygens (including phenoxy) is 1. The van der Waals surface area contributed by atoms with E-state index >= 15 is 0 Å². The molecule has 4 aromatic rings. The fourth-order valence-corrected chi connectivity index (χ4v) is 9.37. The van der Waals surface area contributed by atoms with E-state index in [2.05, 4.69) is 15.5 Å². The highest BCUT2D eigenvalue weighted by atomic mass is 32.2. The van der Waals surface area contributed by atoms with Crippen LogP contribution in [0.3, 0.4) is 0 Å². The number of carboxylic acid groups (broad SMARTS) is 2. The van der Waals surface area contributed by atoms with Crippen LogP contribution in [0.4, 0.5) is 17.1 Å². The Hall–Kier alpha value is -5.57. The lowest BCUT2D eigenvalue weighted by atomic mass is 9.86. The van der Waals surface area contributed by atoms with Crippen molar-refractivity contribution in [2.24, 2.45) is 5.92 Å². The van der Waals surface area contributed by atoms with E-state index < -0.39 is 45.7 Å². The largest absolute Gasteiger partial charge is 0.481 e. The number of benzene rings is 4. The number of aliphatic carboxylic acids is 1. The van der Waals surface area contributed by atoms with Crippen LogP contribution in [0.1, 0.15) is 87.1 Å². The summed E-state index contributed by atoms with van der Waals surface area (Å²) < 4.78 is 34.8. The SMILES string of the molecule is COCCN([C@H]1CC[C@H](C(=O)O)CC1)S(=O)(=O)c1cccc(C(=O)Nc2ccc(N3CCCCC3)cc2C(=O)Nc2ccc(CCc3ccc(C(=O)O)cc3)cc2)c1. The number of nitrogens with one attached hydrogen (secondary N) is 2. The first kappa shape index (κ1) is 42.0. The van der Waals surface area contributed by atoms with Crippen molar-refractivity contribution in [3.05, 3.63) is 119 Å². The Morgan fingerprint density at radius 3 is 2.03 bits per heavy atom. The third-order valence-electron chi connectivity index (χ3n) is 11.0. The first-order valence-electron chi connectivity index (χ1n) is 19.7. The highest BCUT2D eigenvalue weighted by Crippen LogP contribution is 2.32. The average Bonchev–Trinajstić information content (AvgIpc) is 3.24. The number of aromatic carboxylic acids is 1. The van der Waals surface area contributed by atoms with E-state index in [4.69, 9.17) is 9.84 Å². The summed E-state index contributed by atoms with van der Waals surface area (Å²) in [5, 5.41) is 24.4. The minimum absolute atomic E-state index is 0.0745. The monoisotopic (exact) mass is 810 g/mol. The van der Waals surface area contributed by atoms with Crippen LogP contribution >= 0.6 is 0 Å². The quantitative estimate of drug-likeness (QED) is 0.0925. The van der Waals surface area contributed by atoms with Gasteiger partial charge in [-0.15, -0.1) is 0 Å². The zero-order chi connectivity index (χ0) is 41.2. The normalized spacial score (nSPS) is 17.1.